The Labute approximate surface area is 157 Å². The third-order valence-corrected chi connectivity index (χ3v) is 4.92. The van der Waals surface area contributed by atoms with Crippen molar-refractivity contribution in [3.8, 4) is 0 Å². The number of carbonyl (C=O) groups excluding carboxylic acids is 1. The number of hydroxylamine groups is 2. The Hall–Kier alpha value is -2.45. The molecule has 2 saturated heterocycles. The van der Waals surface area contributed by atoms with Crippen molar-refractivity contribution in [3.63, 3.8) is 0 Å². The van der Waals surface area contributed by atoms with Gasteiger partial charge in [-0.25, -0.2) is 14.4 Å². The fourth-order valence-corrected chi connectivity index (χ4v) is 3.41. The van der Waals surface area contributed by atoms with Crippen LogP contribution in [0.2, 0.25) is 0 Å². The van der Waals surface area contributed by atoms with E-state index in [1.807, 2.05) is 11.0 Å². The lowest BCUT2D eigenvalue weighted by Gasteiger charge is -2.35. The fraction of sp³-hybridized carbons (Fsp3) is 0.474. The van der Waals surface area contributed by atoms with Gasteiger partial charge in [-0.1, -0.05) is 12.1 Å². The molecule has 2 aromatic rings. The summed E-state index contributed by atoms with van der Waals surface area (Å²) < 4.78 is 19.4. The number of nitrogens with zero attached hydrogens (tertiary/aromatic N) is 4. The van der Waals surface area contributed by atoms with E-state index < -0.39 is 0 Å². The second-order valence-corrected chi connectivity index (χ2v) is 6.79. The molecular weight excluding hydrogens is 351 g/mol. The van der Waals surface area contributed by atoms with Crippen LogP contribution in [-0.4, -0.2) is 60.2 Å². The van der Waals surface area contributed by atoms with Gasteiger partial charge in [0.2, 0.25) is 5.89 Å². The minimum atomic E-state index is -0.255. The van der Waals surface area contributed by atoms with Crippen molar-refractivity contribution in [2.45, 2.75) is 19.4 Å². The molecule has 7 nitrogen and oxygen atoms in total. The van der Waals surface area contributed by atoms with Gasteiger partial charge in [-0.3, -0.25) is 14.5 Å². The predicted molar refractivity (Wildman–Crippen MR) is 96.6 cm³/mol. The second kappa shape index (κ2) is 8.06. The van der Waals surface area contributed by atoms with E-state index in [0.29, 0.717) is 31.3 Å². The number of carbonyl (C=O) groups is 1. The number of aromatic nitrogens is 1. The lowest BCUT2D eigenvalue weighted by molar-refractivity contribution is -0.144. The molecule has 0 radical (unpaired) electrons. The SMILES string of the molecule is O=C(c1coc(CN2CCN(c3ccccc3F)CC2)n1)N1CCCCO1. The highest BCUT2D eigenvalue weighted by atomic mass is 19.1. The molecule has 4 rings (SSSR count). The van der Waals surface area contributed by atoms with Gasteiger partial charge in [-0.2, -0.15) is 0 Å². The number of benzene rings is 1. The number of oxazole rings is 1. The van der Waals surface area contributed by atoms with Gasteiger partial charge in [-0.15, -0.1) is 0 Å². The van der Waals surface area contributed by atoms with Crippen molar-refractivity contribution in [1.82, 2.24) is 14.9 Å². The Morgan fingerprint density at radius 2 is 1.93 bits per heavy atom. The minimum absolute atomic E-state index is 0.193. The highest BCUT2D eigenvalue weighted by molar-refractivity contribution is 5.91. The first-order valence-electron chi connectivity index (χ1n) is 9.32. The Bertz CT molecular complexity index is 783. The van der Waals surface area contributed by atoms with E-state index in [2.05, 4.69) is 9.88 Å². The minimum Gasteiger partial charge on any atom is -0.447 e. The van der Waals surface area contributed by atoms with Crippen molar-refractivity contribution in [2.24, 2.45) is 0 Å². The predicted octanol–water partition coefficient (Wildman–Crippen LogP) is 2.30. The van der Waals surface area contributed by atoms with Gasteiger partial charge in [0.15, 0.2) is 5.69 Å². The van der Waals surface area contributed by atoms with E-state index in [-0.39, 0.29) is 17.4 Å². The van der Waals surface area contributed by atoms with Gasteiger partial charge >= 0.3 is 0 Å². The van der Waals surface area contributed by atoms with Crippen LogP contribution in [0.5, 0.6) is 0 Å². The summed E-state index contributed by atoms with van der Waals surface area (Å²) in [7, 11) is 0. The smallest absolute Gasteiger partial charge is 0.299 e. The zero-order chi connectivity index (χ0) is 18.6. The average molecular weight is 374 g/mol. The van der Waals surface area contributed by atoms with Gasteiger partial charge in [0, 0.05) is 32.7 Å². The molecule has 0 unspecified atom stereocenters. The maximum absolute atomic E-state index is 13.9. The number of piperazine rings is 1. The number of rotatable bonds is 4. The second-order valence-electron chi connectivity index (χ2n) is 6.79. The number of amides is 1. The molecule has 2 aliphatic heterocycles. The number of anilines is 1. The molecule has 144 valence electrons. The normalized spacial score (nSPS) is 18.7. The average Bonchev–Trinajstić information content (AvgIpc) is 3.18. The Balaban J connectivity index is 1.31. The van der Waals surface area contributed by atoms with E-state index in [9.17, 15) is 9.18 Å². The van der Waals surface area contributed by atoms with Crippen LogP contribution in [0.25, 0.3) is 0 Å². The van der Waals surface area contributed by atoms with Crippen LogP contribution in [0.15, 0.2) is 34.9 Å². The zero-order valence-corrected chi connectivity index (χ0v) is 15.1. The summed E-state index contributed by atoms with van der Waals surface area (Å²) in [6.07, 6.45) is 3.29. The van der Waals surface area contributed by atoms with Crippen molar-refractivity contribution in [2.75, 3.05) is 44.2 Å². The van der Waals surface area contributed by atoms with Gasteiger partial charge < -0.3 is 9.32 Å². The summed E-state index contributed by atoms with van der Waals surface area (Å²) in [5.74, 6) is 0.0607. The van der Waals surface area contributed by atoms with E-state index in [0.717, 1.165) is 39.0 Å². The third kappa shape index (κ3) is 4.12. The molecule has 27 heavy (non-hydrogen) atoms. The summed E-state index contributed by atoms with van der Waals surface area (Å²) >= 11 is 0. The molecule has 1 aromatic heterocycles. The molecule has 0 N–H and O–H groups in total. The Morgan fingerprint density at radius 1 is 1.11 bits per heavy atom. The van der Waals surface area contributed by atoms with Crippen molar-refractivity contribution in [3.05, 3.63) is 47.9 Å². The molecule has 0 aliphatic carbocycles. The molecule has 3 heterocycles. The maximum atomic E-state index is 13.9. The molecule has 2 aliphatic rings. The first-order chi connectivity index (χ1) is 13.2. The van der Waals surface area contributed by atoms with Crippen molar-refractivity contribution >= 4 is 11.6 Å². The number of halogens is 1. The summed E-state index contributed by atoms with van der Waals surface area (Å²) in [4.78, 5) is 26.3. The topological polar surface area (TPSA) is 62.1 Å². The van der Waals surface area contributed by atoms with Crippen molar-refractivity contribution in [1.29, 1.82) is 0 Å². The Morgan fingerprint density at radius 3 is 2.67 bits per heavy atom. The van der Waals surface area contributed by atoms with Crippen LogP contribution in [0.3, 0.4) is 0 Å². The van der Waals surface area contributed by atoms with Gasteiger partial charge in [0.05, 0.1) is 18.8 Å². The number of hydrogen-bond acceptors (Lipinski definition) is 6. The quantitative estimate of drug-likeness (QED) is 0.818. The van der Waals surface area contributed by atoms with E-state index >= 15 is 0 Å². The van der Waals surface area contributed by atoms with E-state index in [1.54, 1.807) is 12.1 Å². The molecule has 0 saturated carbocycles. The molecule has 1 amide bonds. The van der Waals surface area contributed by atoms with Crippen molar-refractivity contribution < 1.29 is 18.4 Å². The summed E-state index contributed by atoms with van der Waals surface area (Å²) in [5, 5.41) is 1.36. The highest BCUT2D eigenvalue weighted by Gasteiger charge is 2.24. The lowest BCUT2D eigenvalue weighted by atomic mass is 10.2. The van der Waals surface area contributed by atoms with Crippen LogP contribution >= 0.6 is 0 Å². The summed E-state index contributed by atoms with van der Waals surface area (Å²) in [6.45, 7) is 4.68. The van der Waals surface area contributed by atoms with Crippen LogP contribution < -0.4 is 4.90 Å². The molecule has 0 bridgehead atoms. The molecule has 0 atom stereocenters. The third-order valence-electron chi connectivity index (χ3n) is 4.92. The van der Waals surface area contributed by atoms with Crippen LogP contribution in [0.1, 0.15) is 29.2 Å². The number of para-hydroxylation sites is 1. The monoisotopic (exact) mass is 374 g/mol. The largest absolute Gasteiger partial charge is 0.447 e. The van der Waals surface area contributed by atoms with Crippen LogP contribution in [0.4, 0.5) is 10.1 Å². The highest BCUT2D eigenvalue weighted by Crippen LogP contribution is 2.21. The molecular formula is C19H23FN4O3. The Kier molecular flexibility index (Phi) is 5.35. The van der Waals surface area contributed by atoms with E-state index in [4.69, 9.17) is 9.25 Å². The zero-order valence-electron chi connectivity index (χ0n) is 15.1. The lowest BCUT2D eigenvalue weighted by Crippen LogP contribution is -2.46. The fourth-order valence-electron chi connectivity index (χ4n) is 3.41. The van der Waals surface area contributed by atoms with Gasteiger partial charge in [-0.05, 0) is 25.0 Å². The summed E-state index contributed by atoms with van der Waals surface area (Å²) in [6, 6.07) is 6.84. The summed E-state index contributed by atoms with van der Waals surface area (Å²) in [5.41, 5.74) is 0.916. The van der Waals surface area contributed by atoms with Gasteiger partial charge in [0.1, 0.15) is 12.1 Å². The van der Waals surface area contributed by atoms with E-state index in [1.165, 1.54) is 17.4 Å². The maximum Gasteiger partial charge on any atom is 0.299 e. The first-order valence-corrected chi connectivity index (χ1v) is 9.32. The van der Waals surface area contributed by atoms with Crippen LogP contribution in [0, 0.1) is 5.82 Å². The van der Waals surface area contributed by atoms with Crippen LogP contribution in [-0.2, 0) is 11.4 Å². The molecule has 1 aromatic carbocycles. The number of hydrogen-bond donors (Lipinski definition) is 0. The standard InChI is InChI=1S/C19H23FN4O3/c20-15-5-1-2-6-17(15)23-10-8-22(9-11-23)13-18-21-16(14-26-18)19(25)24-7-3-4-12-27-24/h1-2,5-6,14H,3-4,7-13H2. The van der Waals surface area contributed by atoms with Gasteiger partial charge in [0.25, 0.3) is 5.91 Å². The molecule has 2 fully saturated rings. The molecule has 0 spiro atoms. The molecule has 8 heteroatoms. The first kappa shape index (κ1) is 17.9.